The molecule has 0 bridgehead atoms. The number of amides is 1. The number of hydrogen-bond acceptors (Lipinski definition) is 2. The SMILES string of the molecule is O=C(CCc1c[nH]c2ccccc12)NCCCn1ccnc1. The van der Waals surface area contributed by atoms with Gasteiger partial charge in [-0.2, -0.15) is 0 Å². The van der Waals surface area contributed by atoms with Crippen LogP contribution in [0.15, 0.2) is 49.2 Å². The average molecular weight is 296 g/mol. The van der Waals surface area contributed by atoms with Crippen molar-refractivity contribution in [3.63, 3.8) is 0 Å². The number of benzene rings is 1. The Kier molecular flexibility index (Phi) is 4.53. The summed E-state index contributed by atoms with van der Waals surface area (Å²) in [5.74, 6) is 0.107. The summed E-state index contributed by atoms with van der Waals surface area (Å²) in [6.45, 7) is 1.58. The molecular formula is C17H20N4O. The number of aryl methyl sites for hydroxylation is 2. The van der Waals surface area contributed by atoms with Crippen LogP contribution in [-0.4, -0.2) is 27.0 Å². The van der Waals surface area contributed by atoms with Crippen LogP contribution in [0, 0.1) is 0 Å². The van der Waals surface area contributed by atoms with Crippen LogP contribution in [0.2, 0.25) is 0 Å². The zero-order valence-electron chi connectivity index (χ0n) is 12.5. The number of nitrogens with zero attached hydrogens (tertiary/aromatic N) is 2. The van der Waals surface area contributed by atoms with E-state index in [1.54, 1.807) is 12.5 Å². The quantitative estimate of drug-likeness (QED) is 0.658. The minimum atomic E-state index is 0.107. The van der Waals surface area contributed by atoms with Crippen molar-refractivity contribution in [3.05, 3.63) is 54.7 Å². The van der Waals surface area contributed by atoms with E-state index in [0.29, 0.717) is 13.0 Å². The molecule has 5 heteroatoms. The lowest BCUT2D eigenvalue weighted by molar-refractivity contribution is -0.121. The molecule has 0 aliphatic carbocycles. The van der Waals surface area contributed by atoms with Gasteiger partial charge in [-0.15, -0.1) is 0 Å². The van der Waals surface area contributed by atoms with Crippen molar-refractivity contribution >= 4 is 16.8 Å². The fraction of sp³-hybridized carbons (Fsp3) is 0.294. The van der Waals surface area contributed by atoms with Gasteiger partial charge in [0.15, 0.2) is 0 Å². The predicted molar refractivity (Wildman–Crippen MR) is 86.5 cm³/mol. The Morgan fingerprint density at radius 1 is 1.32 bits per heavy atom. The molecule has 2 N–H and O–H groups in total. The average Bonchev–Trinajstić information content (AvgIpc) is 3.19. The standard InChI is InChI=1S/C17H20N4O/c22-17(19-8-3-10-21-11-9-18-13-21)7-6-14-12-20-16-5-2-1-4-15(14)16/h1-2,4-5,9,11-13,20H,3,6-8,10H2,(H,19,22). The summed E-state index contributed by atoms with van der Waals surface area (Å²) in [5, 5.41) is 4.18. The van der Waals surface area contributed by atoms with Crippen LogP contribution in [0.5, 0.6) is 0 Å². The number of imidazole rings is 1. The smallest absolute Gasteiger partial charge is 0.220 e. The summed E-state index contributed by atoms with van der Waals surface area (Å²) in [4.78, 5) is 19.1. The molecule has 2 aromatic heterocycles. The molecule has 3 aromatic rings. The summed E-state index contributed by atoms with van der Waals surface area (Å²) in [6, 6.07) is 8.17. The molecule has 5 nitrogen and oxygen atoms in total. The van der Waals surface area contributed by atoms with Gasteiger partial charge in [0.1, 0.15) is 0 Å². The van der Waals surface area contributed by atoms with Gasteiger partial charge >= 0.3 is 0 Å². The Hall–Kier alpha value is -2.56. The molecule has 3 rings (SSSR count). The van der Waals surface area contributed by atoms with Crippen LogP contribution in [0.1, 0.15) is 18.4 Å². The summed E-state index contributed by atoms with van der Waals surface area (Å²) >= 11 is 0. The van der Waals surface area contributed by atoms with Gasteiger partial charge in [0.25, 0.3) is 0 Å². The van der Waals surface area contributed by atoms with Gasteiger partial charge < -0.3 is 14.9 Å². The highest BCUT2D eigenvalue weighted by molar-refractivity contribution is 5.84. The number of H-pyrrole nitrogens is 1. The number of fused-ring (bicyclic) bond motifs is 1. The van der Waals surface area contributed by atoms with E-state index < -0.39 is 0 Å². The van der Waals surface area contributed by atoms with Crippen molar-refractivity contribution in [1.29, 1.82) is 0 Å². The minimum absolute atomic E-state index is 0.107. The van der Waals surface area contributed by atoms with Crippen molar-refractivity contribution < 1.29 is 4.79 Å². The number of nitrogens with one attached hydrogen (secondary N) is 2. The molecule has 0 aliphatic rings. The molecule has 0 aliphatic heterocycles. The van der Waals surface area contributed by atoms with E-state index in [-0.39, 0.29) is 5.91 Å². The zero-order chi connectivity index (χ0) is 15.2. The first kappa shape index (κ1) is 14.4. The van der Waals surface area contributed by atoms with Crippen molar-refractivity contribution in [3.8, 4) is 0 Å². The molecule has 1 amide bonds. The third-order valence-corrected chi connectivity index (χ3v) is 3.77. The van der Waals surface area contributed by atoms with Gasteiger partial charge in [-0.3, -0.25) is 4.79 Å². The maximum Gasteiger partial charge on any atom is 0.220 e. The Balaban J connectivity index is 1.40. The van der Waals surface area contributed by atoms with Crippen LogP contribution < -0.4 is 5.32 Å². The minimum Gasteiger partial charge on any atom is -0.361 e. The molecule has 114 valence electrons. The molecule has 1 aromatic carbocycles. The second-order valence-electron chi connectivity index (χ2n) is 5.36. The van der Waals surface area contributed by atoms with E-state index >= 15 is 0 Å². The number of hydrogen-bond donors (Lipinski definition) is 2. The Labute approximate surface area is 129 Å². The van der Waals surface area contributed by atoms with E-state index in [0.717, 1.165) is 24.9 Å². The molecule has 0 saturated carbocycles. The predicted octanol–water partition coefficient (Wildman–Crippen LogP) is 2.50. The van der Waals surface area contributed by atoms with Crippen LogP contribution in [-0.2, 0) is 17.8 Å². The summed E-state index contributed by atoms with van der Waals surface area (Å²) in [7, 11) is 0. The first-order valence-corrected chi connectivity index (χ1v) is 7.60. The zero-order valence-corrected chi connectivity index (χ0v) is 12.5. The van der Waals surface area contributed by atoms with E-state index in [1.807, 2.05) is 29.1 Å². The number of aromatic amines is 1. The number of rotatable bonds is 7. The molecule has 2 heterocycles. The second-order valence-corrected chi connectivity index (χ2v) is 5.36. The topological polar surface area (TPSA) is 62.7 Å². The summed E-state index contributed by atoms with van der Waals surface area (Å²) in [6.07, 6.45) is 9.67. The normalized spacial score (nSPS) is 10.9. The first-order chi connectivity index (χ1) is 10.8. The van der Waals surface area contributed by atoms with Crippen molar-refractivity contribution in [2.45, 2.75) is 25.8 Å². The van der Waals surface area contributed by atoms with E-state index in [4.69, 9.17) is 0 Å². The molecule has 0 fully saturated rings. The van der Waals surface area contributed by atoms with Gasteiger partial charge in [0.2, 0.25) is 5.91 Å². The highest BCUT2D eigenvalue weighted by atomic mass is 16.1. The van der Waals surface area contributed by atoms with Crippen molar-refractivity contribution in [2.24, 2.45) is 0 Å². The lowest BCUT2D eigenvalue weighted by Crippen LogP contribution is -2.25. The highest BCUT2D eigenvalue weighted by Crippen LogP contribution is 2.18. The summed E-state index contributed by atoms with van der Waals surface area (Å²) in [5.41, 5.74) is 2.32. The van der Waals surface area contributed by atoms with Crippen molar-refractivity contribution in [2.75, 3.05) is 6.54 Å². The second kappa shape index (κ2) is 6.93. The molecule has 22 heavy (non-hydrogen) atoms. The lowest BCUT2D eigenvalue weighted by atomic mass is 10.1. The van der Waals surface area contributed by atoms with E-state index in [9.17, 15) is 4.79 Å². The van der Waals surface area contributed by atoms with Crippen LogP contribution in [0.25, 0.3) is 10.9 Å². The maximum absolute atomic E-state index is 11.9. The third-order valence-electron chi connectivity index (χ3n) is 3.77. The number of carbonyl (C=O) groups is 1. The monoisotopic (exact) mass is 296 g/mol. The van der Waals surface area contributed by atoms with Crippen LogP contribution in [0.4, 0.5) is 0 Å². The number of para-hydroxylation sites is 1. The van der Waals surface area contributed by atoms with Crippen LogP contribution >= 0.6 is 0 Å². The highest BCUT2D eigenvalue weighted by Gasteiger charge is 2.06. The number of aromatic nitrogens is 3. The van der Waals surface area contributed by atoms with Crippen molar-refractivity contribution in [1.82, 2.24) is 19.9 Å². The van der Waals surface area contributed by atoms with Gasteiger partial charge in [-0.25, -0.2) is 4.98 Å². The molecule has 0 spiro atoms. The molecule has 0 radical (unpaired) electrons. The fourth-order valence-electron chi connectivity index (χ4n) is 2.58. The fourth-order valence-corrected chi connectivity index (χ4v) is 2.58. The summed E-state index contributed by atoms with van der Waals surface area (Å²) < 4.78 is 2.01. The van der Waals surface area contributed by atoms with Crippen LogP contribution in [0.3, 0.4) is 0 Å². The van der Waals surface area contributed by atoms with E-state index in [1.165, 1.54) is 10.9 Å². The Bertz CT molecular complexity index is 730. The lowest BCUT2D eigenvalue weighted by Gasteiger charge is -2.05. The Morgan fingerprint density at radius 2 is 2.23 bits per heavy atom. The largest absolute Gasteiger partial charge is 0.361 e. The van der Waals surface area contributed by atoms with Gasteiger partial charge in [-0.1, -0.05) is 18.2 Å². The number of carbonyl (C=O) groups excluding carboxylic acids is 1. The van der Waals surface area contributed by atoms with Gasteiger partial charge in [0, 0.05) is 49.0 Å². The van der Waals surface area contributed by atoms with Gasteiger partial charge in [0.05, 0.1) is 6.33 Å². The van der Waals surface area contributed by atoms with E-state index in [2.05, 4.69) is 27.4 Å². The third kappa shape index (κ3) is 3.55. The molecule has 0 saturated heterocycles. The molecule has 0 unspecified atom stereocenters. The molecule has 0 atom stereocenters. The maximum atomic E-state index is 11.9. The van der Waals surface area contributed by atoms with Gasteiger partial charge in [-0.05, 0) is 24.5 Å². The Morgan fingerprint density at radius 3 is 3.09 bits per heavy atom. The first-order valence-electron chi connectivity index (χ1n) is 7.60. The molecular weight excluding hydrogens is 276 g/mol.